The molecule has 222 valence electrons. The van der Waals surface area contributed by atoms with Gasteiger partial charge < -0.3 is 34.9 Å². The van der Waals surface area contributed by atoms with Gasteiger partial charge in [0.05, 0.1) is 29.9 Å². The fraction of sp³-hybridized carbons (Fsp3) is 0.484. The normalized spacial score (nSPS) is 14.3. The Balaban J connectivity index is 1.37. The second-order valence-corrected chi connectivity index (χ2v) is 11.2. The summed E-state index contributed by atoms with van der Waals surface area (Å²) in [5.74, 6) is 3.30. The van der Waals surface area contributed by atoms with Crippen molar-refractivity contribution in [2.45, 2.75) is 39.5 Å². The Labute approximate surface area is 247 Å². The summed E-state index contributed by atoms with van der Waals surface area (Å²) >= 11 is 6.45. The number of aliphatic hydroxyl groups is 1. The van der Waals surface area contributed by atoms with Gasteiger partial charge in [0.1, 0.15) is 11.5 Å². The van der Waals surface area contributed by atoms with Crippen molar-refractivity contribution < 1.29 is 24.1 Å². The van der Waals surface area contributed by atoms with Crippen LogP contribution in [0.4, 0.5) is 10.5 Å². The van der Waals surface area contributed by atoms with E-state index in [1.165, 1.54) is 0 Å². The first-order chi connectivity index (χ1) is 19.9. The van der Waals surface area contributed by atoms with Gasteiger partial charge in [-0.25, -0.2) is 4.79 Å². The van der Waals surface area contributed by atoms with Gasteiger partial charge in [0.15, 0.2) is 11.5 Å². The van der Waals surface area contributed by atoms with Crippen LogP contribution >= 0.6 is 11.6 Å². The van der Waals surface area contributed by atoms with Crippen LogP contribution in [-0.4, -0.2) is 67.5 Å². The monoisotopic (exact) mass is 584 g/mol. The molecule has 0 saturated carbocycles. The third-order valence-corrected chi connectivity index (χ3v) is 7.57. The number of pyridine rings is 1. The molecule has 9 nitrogen and oxygen atoms in total. The average Bonchev–Trinajstić information content (AvgIpc) is 2.96. The number of benzene rings is 2. The molecule has 3 aromatic rings. The Morgan fingerprint density at radius 3 is 2.66 bits per heavy atom. The van der Waals surface area contributed by atoms with E-state index in [2.05, 4.69) is 34.4 Å². The highest BCUT2D eigenvalue weighted by atomic mass is 35.5. The van der Waals surface area contributed by atoms with Gasteiger partial charge in [0, 0.05) is 43.4 Å². The second kappa shape index (κ2) is 15.1. The fourth-order valence-corrected chi connectivity index (χ4v) is 5.00. The quantitative estimate of drug-likeness (QED) is 0.202. The molecule has 0 spiro atoms. The number of halogens is 1. The second-order valence-electron chi connectivity index (χ2n) is 10.8. The summed E-state index contributed by atoms with van der Waals surface area (Å²) in [7, 11) is 1.61. The lowest BCUT2D eigenvalue weighted by Crippen LogP contribution is -2.35. The number of carbonyl (C=O) groups is 1. The summed E-state index contributed by atoms with van der Waals surface area (Å²) in [5.41, 5.74) is 1.21. The number of nitrogens with zero attached hydrogens (tertiary/aromatic N) is 2. The van der Waals surface area contributed by atoms with Crippen LogP contribution in [0.25, 0.3) is 10.9 Å². The maximum Gasteiger partial charge on any atom is 0.319 e. The number of carbonyl (C=O) groups excluding carboxylic acids is 1. The van der Waals surface area contributed by atoms with E-state index in [4.69, 9.17) is 25.8 Å². The maximum atomic E-state index is 12.2. The fourth-order valence-electron chi connectivity index (χ4n) is 4.78. The molecule has 0 atom stereocenters. The van der Waals surface area contributed by atoms with Crippen LogP contribution in [0.2, 0.25) is 5.02 Å². The first-order valence-corrected chi connectivity index (χ1v) is 14.7. The minimum Gasteiger partial charge on any atom is -0.493 e. The highest BCUT2D eigenvalue weighted by Gasteiger charge is 2.18. The number of aromatic nitrogens is 1. The number of hydrogen-bond donors (Lipinski definition) is 3. The number of hydrogen-bond acceptors (Lipinski definition) is 7. The molecule has 3 N–H and O–H groups in total. The van der Waals surface area contributed by atoms with E-state index < -0.39 is 0 Å². The van der Waals surface area contributed by atoms with E-state index in [9.17, 15) is 9.90 Å². The van der Waals surface area contributed by atoms with Crippen molar-refractivity contribution in [3.05, 3.63) is 47.6 Å². The van der Waals surface area contributed by atoms with Crippen LogP contribution in [0, 0.1) is 11.8 Å². The maximum absolute atomic E-state index is 12.2. The summed E-state index contributed by atoms with van der Waals surface area (Å²) in [6.45, 7) is 8.67. The van der Waals surface area contributed by atoms with E-state index >= 15 is 0 Å². The molecule has 0 radical (unpaired) electrons. The molecule has 0 unspecified atom stereocenters. The number of methoxy groups -OCH3 is 1. The van der Waals surface area contributed by atoms with Gasteiger partial charge in [0.2, 0.25) is 0 Å². The van der Waals surface area contributed by atoms with Crippen molar-refractivity contribution in [1.29, 1.82) is 0 Å². The summed E-state index contributed by atoms with van der Waals surface area (Å²) in [5, 5.41) is 16.1. The first-order valence-electron chi connectivity index (χ1n) is 14.3. The highest BCUT2D eigenvalue weighted by molar-refractivity contribution is 6.33. The number of anilines is 1. The molecule has 4 rings (SSSR count). The molecule has 1 aliphatic heterocycles. The number of nitrogens with one attached hydrogen (secondary N) is 2. The van der Waals surface area contributed by atoms with Crippen molar-refractivity contribution in [2.24, 2.45) is 11.8 Å². The van der Waals surface area contributed by atoms with E-state index in [0.29, 0.717) is 64.2 Å². The minimum atomic E-state index is -0.297. The van der Waals surface area contributed by atoms with Crippen molar-refractivity contribution in [3.63, 3.8) is 0 Å². The van der Waals surface area contributed by atoms with Gasteiger partial charge in [-0.15, -0.1) is 0 Å². The number of aliphatic hydroxyl groups excluding tert-OH is 1. The lowest BCUT2D eigenvalue weighted by Gasteiger charge is -2.30. The predicted molar refractivity (Wildman–Crippen MR) is 163 cm³/mol. The Morgan fingerprint density at radius 2 is 1.95 bits per heavy atom. The summed E-state index contributed by atoms with van der Waals surface area (Å²) in [6, 6.07) is 10.3. The third-order valence-electron chi connectivity index (χ3n) is 7.25. The average molecular weight is 585 g/mol. The molecule has 2 heterocycles. The van der Waals surface area contributed by atoms with Gasteiger partial charge >= 0.3 is 6.03 Å². The molecule has 2 aromatic carbocycles. The zero-order valence-electron chi connectivity index (χ0n) is 24.1. The predicted octanol–water partition coefficient (Wildman–Crippen LogP) is 6.33. The Morgan fingerprint density at radius 1 is 1.15 bits per heavy atom. The molecule has 1 aliphatic rings. The van der Waals surface area contributed by atoms with E-state index in [0.717, 1.165) is 50.7 Å². The molecule has 0 aliphatic carbocycles. The zero-order chi connectivity index (χ0) is 29.2. The Hall–Kier alpha value is -3.27. The van der Waals surface area contributed by atoms with E-state index in [1.807, 2.05) is 12.1 Å². The van der Waals surface area contributed by atoms with Crippen LogP contribution in [0.5, 0.6) is 23.0 Å². The lowest BCUT2D eigenvalue weighted by atomic mass is 9.98. The standard InChI is InChI=1S/C31H41ClN4O5/c1-21(2)7-11-34-31(38)35-26-6-5-23(17-25(26)32)41-28-8-12-33-27-19-30(29(39-3)18-24(27)28)40-16-4-13-36-14-9-22(20-37)10-15-36/h5-6,8,12,17-19,21-22,37H,4,7,9-11,13-16,20H2,1-3H3,(H2,34,35,38). The van der Waals surface area contributed by atoms with Crippen molar-refractivity contribution in [1.82, 2.24) is 15.2 Å². The van der Waals surface area contributed by atoms with Gasteiger partial charge in [0.25, 0.3) is 0 Å². The zero-order valence-corrected chi connectivity index (χ0v) is 24.9. The highest BCUT2D eigenvalue weighted by Crippen LogP contribution is 2.38. The number of likely N-dealkylation sites (tertiary alicyclic amines) is 1. The molecule has 2 amide bonds. The number of ether oxygens (including phenoxy) is 3. The number of piperidine rings is 1. The lowest BCUT2D eigenvalue weighted by molar-refractivity contribution is 0.126. The molecular formula is C31H41ClN4O5. The molecule has 41 heavy (non-hydrogen) atoms. The summed E-state index contributed by atoms with van der Waals surface area (Å²) < 4.78 is 17.9. The van der Waals surface area contributed by atoms with Crippen molar-refractivity contribution in [2.75, 3.05) is 51.8 Å². The first kappa shape index (κ1) is 30.7. The van der Waals surface area contributed by atoms with Crippen LogP contribution in [0.15, 0.2) is 42.6 Å². The topological polar surface area (TPSA) is 105 Å². The van der Waals surface area contributed by atoms with Gasteiger partial charge in [-0.2, -0.15) is 0 Å². The largest absolute Gasteiger partial charge is 0.493 e. The molecule has 0 bridgehead atoms. The van der Waals surface area contributed by atoms with Crippen LogP contribution in [-0.2, 0) is 0 Å². The van der Waals surface area contributed by atoms with Crippen molar-refractivity contribution in [3.8, 4) is 23.0 Å². The molecule has 1 fully saturated rings. The smallest absolute Gasteiger partial charge is 0.319 e. The Kier molecular flexibility index (Phi) is 11.3. The third kappa shape index (κ3) is 8.86. The van der Waals surface area contributed by atoms with Gasteiger partial charge in [-0.3, -0.25) is 4.98 Å². The minimum absolute atomic E-state index is 0.288. The molecule has 1 aromatic heterocycles. The van der Waals surface area contributed by atoms with Gasteiger partial charge in [-0.05, 0) is 74.9 Å². The SMILES string of the molecule is COc1cc2c(Oc3ccc(NC(=O)NCCC(C)C)c(Cl)c3)ccnc2cc1OCCCN1CCC(CO)CC1. The summed E-state index contributed by atoms with van der Waals surface area (Å²) in [6.07, 6.45) is 5.58. The number of fused-ring (bicyclic) bond motifs is 1. The number of amides is 2. The van der Waals surface area contributed by atoms with Crippen LogP contribution < -0.4 is 24.8 Å². The number of rotatable bonds is 13. The van der Waals surface area contributed by atoms with Crippen LogP contribution in [0.1, 0.15) is 39.5 Å². The number of urea groups is 1. The van der Waals surface area contributed by atoms with E-state index in [-0.39, 0.29) is 12.6 Å². The molecular weight excluding hydrogens is 544 g/mol. The Bertz CT molecular complexity index is 1300. The molecule has 1 saturated heterocycles. The van der Waals surface area contributed by atoms with Gasteiger partial charge in [-0.1, -0.05) is 25.4 Å². The van der Waals surface area contributed by atoms with E-state index in [1.54, 1.807) is 37.6 Å². The molecule has 10 heteroatoms. The summed E-state index contributed by atoms with van der Waals surface area (Å²) in [4.78, 5) is 19.1. The van der Waals surface area contributed by atoms with Crippen LogP contribution in [0.3, 0.4) is 0 Å². The van der Waals surface area contributed by atoms with Crippen molar-refractivity contribution >= 4 is 34.2 Å².